The second-order valence-corrected chi connectivity index (χ2v) is 10.5. The lowest BCUT2D eigenvalue weighted by Crippen LogP contribution is -2.46. The normalized spacial score (nSPS) is 24.1. The van der Waals surface area contributed by atoms with Crippen LogP contribution in [-0.4, -0.2) is 85.8 Å². The number of fused-ring (bicyclic) bond motifs is 1. The molecule has 1 aromatic heterocycles. The fourth-order valence-electron chi connectivity index (χ4n) is 5.08. The standard InChI is InChI=1S/C29H40N4O5/c1-20-16-33(17-22-6-5-11-30-15-22)21(2)19-38-26-14-24(31-28(34)23-9-12-37-13-10-23)7-8-25(26)29(35)32(3)18-27(20)36-4/h5-8,11,14-15,20-21,23,27H,9-10,12-13,16-19H2,1-4H3,(H,31,34)/t20-,21+,27-/m1/s1. The summed E-state index contributed by atoms with van der Waals surface area (Å²) in [5.74, 6) is 0.390. The molecule has 0 saturated carbocycles. The summed E-state index contributed by atoms with van der Waals surface area (Å²) >= 11 is 0. The van der Waals surface area contributed by atoms with E-state index in [4.69, 9.17) is 14.2 Å². The van der Waals surface area contributed by atoms with Gasteiger partial charge in [0.2, 0.25) is 5.91 Å². The van der Waals surface area contributed by atoms with Crippen LogP contribution in [0.25, 0.3) is 0 Å². The smallest absolute Gasteiger partial charge is 0.257 e. The molecule has 0 radical (unpaired) electrons. The van der Waals surface area contributed by atoms with Gasteiger partial charge in [0.25, 0.3) is 5.91 Å². The van der Waals surface area contributed by atoms with Gasteiger partial charge >= 0.3 is 0 Å². The van der Waals surface area contributed by atoms with Gasteiger partial charge in [-0.3, -0.25) is 19.5 Å². The summed E-state index contributed by atoms with van der Waals surface area (Å²) < 4.78 is 17.5. The average molecular weight is 525 g/mol. The Kier molecular flexibility index (Phi) is 9.71. The van der Waals surface area contributed by atoms with Crippen molar-refractivity contribution >= 4 is 17.5 Å². The first kappa shape index (κ1) is 28.0. The molecule has 2 aliphatic heterocycles. The summed E-state index contributed by atoms with van der Waals surface area (Å²) in [6.45, 7) is 7.81. The van der Waals surface area contributed by atoms with E-state index in [1.165, 1.54) is 0 Å². The van der Waals surface area contributed by atoms with Gasteiger partial charge in [-0.05, 0) is 49.4 Å². The zero-order chi connectivity index (χ0) is 27.1. The second-order valence-electron chi connectivity index (χ2n) is 10.5. The maximum absolute atomic E-state index is 13.5. The molecule has 3 atom stereocenters. The van der Waals surface area contributed by atoms with Gasteiger partial charge in [0, 0.05) is 83.1 Å². The number of benzene rings is 1. The second kappa shape index (κ2) is 13.2. The van der Waals surface area contributed by atoms with Crippen LogP contribution >= 0.6 is 0 Å². The number of rotatable bonds is 5. The van der Waals surface area contributed by atoms with Crippen molar-refractivity contribution in [1.82, 2.24) is 14.8 Å². The SMILES string of the molecule is CO[C@@H]1CN(C)C(=O)c2ccc(NC(=O)C3CCOCC3)cc2OC[C@H](C)N(Cc2cccnc2)C[C@H]1C. The van der Waals surface area contributed by atoms with Gasteiger partial charge < -0.3 is 24.4 Å². The highest BCUT2D eigenvalue weighted by Crippen LogP contribution is 2.28. The Balaban J connectivity index is 1.59. The highest BCUT2D eigenvalue weighted by molar-refractivity contribution is 5.98. The molecule has 1 aromatic carbocycles. The van der Waals surface area contributed by atoms with Gasteiger partial charge in [-0.2, -0.15) is 0 Å². The van der Waals surface area contributed by atoms with Crippen molar-refractivity contribution in [3.63, 3.8) is 0 Å². The van der Waals surface area contributed by atoms with E-state index in [-0.39, 0.29) is 35.8 Å². The Hall–Kier alpha value is -3.01. The van der Waals surface area contributed by atoms with Gasteiger partial charge in [0.15, 0.2) is 0 Å². The fourth-order valence-corrected chi connectivity index (χ4v) is 5.08. The van der Waals surface area contributed by atoms with Crippen LogP contribution in [0.3, 0.4) is 0 Å². The van der Waals surface area contributed by atoms with Gasteiger partial charge in [0.1, 0.15) is 12.4 Å². The highest BCUT2D eigenvalue weighted by Gasteiger charge is 2.29. The molecule has 0 spiro atoms. The molecule has 9 nitrogen and oxygen atoms in total. The molecule has 9 heteroatoms. The summed E-state index contributed by atoms with van der Waals surface area (Å²) in [5, 5.41) is 3.01. The molecule has 0 aliphatic carbocycles. The van der Waals surface area contributed by atoms with E-state index in [1.54, 1.807) is 43.5 Å². The van der Waals surface area contributed by atoms with Crippen molar-refractivity contribution < 1.29 is 23.8 Å². The van der Waals surface area contributed by atoms with Crippen molar-refractivity contribution in [2.24, 2.45) is 11.8 Å². The fraction of sp³-hybridized carbons (Fsp3) is 0.552. The van der Waals surface area contributed by atoms with Crippen molar-refractivity contribution in [2.75, 3.05) is 52.4 Å². The van der Waals surface area contributed by atoms with Crippen molar-refractivity contribution in [1.29, 1.82) is 0 Å². The highest BCUT2D eigenvalue weighted by atomic mass is 16.5. The number of pyridine rings is 1. The van der Waals surface area contributed by atoms with E-state index in [0.717, 1.165) is 18.7 Å². The molecule has 0 unspecified atom stereocenters. The Morgan fingerprint density at radius 1 is 1.18 bits per heavy atom. The molecule has 38 heavy (non-hydrogen) atoms. The van der Waals surface area contributed by atoms with Gasteiger partial charge in [-0.1, -0.05) is 13.0 Å². The molecule has 2 amide bonds. The number of likely N-dealkylation sites (N-methyl/N-ethyl adjacent to an activating group) is 1. The predicted octanol–water partition coefficient (Wildman–Crippen LogP) is 3.45. The summed E-state index contributed by atoms with van der Waals surface area (Å²) in [6.07, 6.45) is 4.95. The lowest BCUT2D eigenvalue weighted by atomic mass is 9.99. The zero-order valence-corrected chi connectivity index (χ0v) is 22.9. The van der Waals surface area contributed by atoms with Gasteiger partial charge in [-0.15, -0.1) is 0 Å². The average Bonchev–Trinajstić information content (AvgIpc) is 2.94. The molecule has 1 N–H and O–H groups in total. The number of hydrogen-bond donors (Lipinski definition) is 1. The van der Waals surface area contributed by atoms with Crippen molar-refractivity contribution in [2.45, 2.75) is 45.4 Å². The first-order valence-electron chi connectivity index (χ1n) is 13.4. The number of anilines is 1. The number of carbonyl (C=O) groups excluding carboxylic acids is 2. The Bertz CT molecular complexity index is 1080. The molecule has 2 aliphatic rings. The minimum absolute atomic E-state index is 0.0298. The molecule has 0 bridgehead atoms. The Morgan fingerprint density at radius 3 is 2.68 bits per heavy atom. The summed E-state index contributed by atoms with van der Waals surface area (Å²) in [7, 11) is 3.48. The largest absolute Gasteiger partial charge is 0.491 e. The zero-order valence-electron chi connectivity index (χ0n) is 22.9. The van der Waals surface area contributed by atoms with Crippen LogP contribution in [0.2, 0.25) is 0 Å². The number of nitrogens with zero attached hydrogens (tertiary/aromatic N) is 3. The third kappa shape index (κ3) is 7.09. The minimum atomic E-state index is -0.142. The molecule has 3 heterocycles. The Morgan fingerprint density at radius 2 is 1.97 bits per heavy atom. The molecule has 1 saturated heterocycles. The summed E-state index contributed by atoms with van der Waals surface area (Å²) in [6, 6.07) is 9.34. The number of carbonyl (C=O) groups is 2. The van der Waals surface area contributed by atoms with Crippen LogP contribution in [0.15, 0.2) is 42.7 Å². The number of methoxy groups -OCH3 is 1. The molecule has 206 valence electrons. The third-order valence-electron chi connectivity index (χ3n) is 7.54. The van der Waals surface area contributed by atoms with E-state index >= 15 is 0 Å². The third-order valence-corrected chi connectivity index (χ3v) is 7.54. The molecular weight excluding hydrogens is 484 g/mol. The van der Waals surface area contributed by atoms with Crippen LogP contribution in [0.4, 0.5) is 5.69 Å². The molecule has 4 rings (SSSR count). The first-order chi connectivity index (χ1) is 18.4. The van der Waals surface area contributed by atoms with E-state index in [2.05, 4.69) is 35.1 Å². The van der Waals surface area contributed by atoms with Gasteiger partial charge in [-0.25, -0.2) is 0 Å². The number of hydrogen-bond acceptors (Lipinski definition) is 7. The van der Waals surface area contributed by atoms with Crippen LogP contribution in [0, 0.1) is 11.8 Å². The lowest BCUT2D eigenvalue weighted by molar-refractivity contribution is -0.122. The quantitative estimate of drug-likeness (QED) is 0.640. The summed E-state index contributed by atoms with van der Waals surface area (Å²) in [5.41, 5.74) is 2.20. The maximum atomic E-state index is 13.5. The first-order valence-corrected chi connectivity index (χ1v) is 13.4. The van der Waals surface area contributed by atoms with E-state index in [9.17, 15) is 9.59 Å². The minimum Gasteiger partial charge on any atom is -0.491 e. The Labute approximate surface area is 225 Å². The van der Waals surface area contributed by atoms with Crippen molar-refractivity contribution in [3.05, 3.63) is 53.9 Å². The van der Waals surface area contributed by atoms with E-state index in [0.29, 0.717) is 56.2 Å². The maximum Gasteiger partial charge on any atom is 0.257 e. The molecule has 1 fully saturated rings. The van der Waals surface area contributed by atoms with Crippen LogP contribution < -0.4 is 10.1 Å². The summed E-state index contributed by atoms with van der Waals surface area (Å²) in [4.78, 5) is 34.6. The van der Waals surface area contributed by atoms with E-state index in [1.807, 2.05) is 12.3 Å². The van der Waals surface area contributed by atoms with Gasteiger partial charge in [0.05, 0.1) is 11.7 Å². The van der Waals surface area contributed by atoms with Crippen LogP contribution in [-0.2, 0) is 20.8 Å². The van der Waals surface area contributed by atoms with Crippen molar-refractivity contribution in [3.8, 4) is 5.75 Å². The number of aromatic nitrogens is 1. The van der Waals surface area contributed by atoms with Crippen LogP contribution in [0.5, 0.6) is 5.75 Å². The van der Waals surface area contributed by atoms with Crippen LogP contribution in [0.1, 0.15) is 42.6 Å². The molecule has 2 aromatic rings. The number of amides is 2. The molecular formula is C29H40N4O5. The number of ether oxygens (including phenoxy) is 3. The van der Waals surface area contributed by atoms with E-state index < -0.39 is 0 Å². The monoisotopic (exact) mass is 524 g/mol. The lowest BCUT2D eigenvalue weighted by Gasteiger charge is -2.36. The predicted molar refractivity (Wildman–Crippen MR) is 145 cm³/mol. The topological polar surface area (TPSA) is 93.2 Å². The number of nitrogens with one attached hydrogen (secondary N) is 1.